The van der Waals surface area contributed by atoms with Crippen LogP contribution in [-0.2, 0) is 14.6 Å². The highest BCUT2D eigenvalue weighted by molar-refractivity contribution is 7.93. The van der Waals surface area contributed by atoms with Crippen molar-refractivity contribution in [1.29, 1.82) is 0 Å². The van der Waals surface area contributed by atoms with Gasteiger partial charge in [0.25, 0.3) is 0 Å². The molecule has 0 saturated carbocycles. The van der Waals surface area contributed by atoms with Gasteiger partial charge in [-0.05, 0) is 50.2 Å². The fourth-order valence-electron chi connectivity index (χ4n) is 2.35. The van der Waals surface area contributed by atoms with Crippen LogP contribution in [0.25, 0.3) is 0 Å². The number of anilines is 3. The molecule has 3 rings (SSSR count). The Morgan fingerprint density at radius 1 is 1.06 bits per heavy atom. The van der Waals surface area contributed by atoms with Crippen LogP contribution in [-0.4, -0.2) is 40.3 Å². The summed E-state index contributed by atoms with van der Waals surface area (Å²) < 4.78 is 41.8. The van der Waals surface area contributed by atoms with Crippen molar-refractivity contribution in [2.24, 2.45) is 0 Å². The van der Waals surface area contributed by atoms with Gasteiger partial charge < -0.3 is 20.2 Å². The number of carboxylic acid groups (broad SMARTS) is 1. The lowest BCUT2D eigenvalue weighted by Gasteiger charge is -2.19. The molecule has 0 aliphatic carbocycles. The molecule has 0 saturated heterocycles. The summed E-state index contributed by atoms with van der Waals surface area (Å²) in [6, 6.07) is 10.5. The van der Waals surface area contributed by atoms with E-state index in [0.717, 1.165) is 13.8 Å². The topological polar surface area (TPSA) is 151 Å². The Morgan fingerprint density at radius 2 is 1.71 bits per heavy atom. The van der Waals surface area contributed by atoms with E-state index in [9.17, 15) is 22.4 Å². The van der Waals surface area contributed by atoms with Gasteiger partial charge in [0, 0.05) is 5.69 Å². The second-order valence-electron chi connectivity index (χ2n) is 6.81. The number of benzene rings is 2. The number of para-hydroxylation sites is 1. The van der Waals surface area contributed by atoms with Crippen LogP contribution in [0, 0.1) is 5.82 Å². The lowest BCUT2D eigenvalue weighted by atomic mass is 10.2. The second-order valence-corrected chi connectivity index (χ2v) is 9.31. The predicted octanol–water partition coefficient (Wildman–Crippen LogP) is 2.84. The van der Waals surface area contributed by atoms with Gasteiger partial charge in [-0.25, -0.2) is 12.8 Å². The highest BCUT2D eigenvalue weighted by Crippen LogP contribution is 2.27. The van der Waals surface area contributed by atoms with Crippen LogP contribution in [0.15, 0.2) is 57.8 Å². The van der Waals surface area contributed by atoms with Crippen molar-refractivity contribution in [3.63, 3.8) is 0 Å². The van der Waals surface area contributed by atoms with Crippen molar-refractivity contribution in [3.05, 3.63) is 60.2 Å². The first-order valence-electron chi connectivity index (χ1n) is 8.77. The van der Waals surface area contributed by atoms with E-state index in [4.69, 9.17) is 9.52 Å². The standard InChI is InChI=1S/C19H17FN4O6S/c1-19(2,17(26)27)31(28,29)12-9-7-11(8-10-12)21-15(25)16-23-24-18(30-16)22-14-6-4-3-5-13(14)20/h3-10H,1-2H3,(H,21,25)(H,22,24)(H,26,27). The quantitative estimate of drug-likeness (QED) is 0.495. The minimum absolute atomic E-state index is 0.0826. The summed E-state index contributed by atoms with van der Waals surface area (Å²) in [6.45, 7) is 2.17. The molecule has 3 aromatic rings. The fourth-order valence-corrected chi connectivity index (χ4v) is 3.67. The minimum atomic E-state index is -4.16. The zero-order valence-electron chi connectivity index (χ0n) is 16.3. The highest BCUT2D eigenvalue weighted by Gasteiger charge is 2.42. The van der Waals surface area contributed by atoms with Crippen LogP contribution >= 0.6 is 0 Å². The van der Waals surface area contributed by atoms with Crippen LogP contribution in [0.4, 0.5) is 21.8 Å². The molecule has 0 unspecified atom stereocenters. The lowest BCUT2D eigenvalue weighted by molar-refractivity contribution is -0.139. The monoisotopic (exact) mass is 448 g/mol. The smallest absolute Gasteiger partial charge is 0.324 e. The Bertz CT molecular complexity index is 1240. The molecule has 0 bridgehead atoms. The summed E-state index contributed by atoms with van der Waals surface area (Å²) in [5.74, 6) is -3.23. The van der Waals surface area contributed by atoms with Gasteiger partial charge in [0.2, 0.25) is 0 Å². The summed E-state index contributed by atoms with van der Waals surface area (Å²) in [6.07, 6.45) is 0. The number of nitrogens with zero attached hydrogens (tertiary/aromatic N) is 2. The summed E-state index contributed by atoms with van der Waals surface area (Å²) in [5.41, 5.74) is 0.290. The maximum absolute atomic E-state index is 13.7. The molecule has 12 heteroatoms. The second kappa shape index (κ2) is 8.14. The first-order chi connectivity index (χ1) is 14.5. The normalized spacial score (nSPS) is 11.7. The average molecular weight is 448 g/mol. The Balaban J connectivity index is 1.71. The summed E-state index contributed by atoms with van der Waals surface area (Å²) in [5, 5.41) is 21.3. The number of carbonyl (C=O) groups is 2. The Labute approximate surface area is 176 Å². The number of carboxylic acids is 1. The number of hydrogen-bond acceptors (Lipinski definition) is 8. The average Bonchev–Trinajstić information content (AvgIpc) is 3.18. The van der Waals surface area contributed by atoms with Crippen LogP contribution in [0.1, 0.15) is 24.5 Å². The molecule has 1 amide bonds. The summed E-state index contributed by atoms with van der Waals surface area (Å²) in [7, 11) is -4.16. The van der Waals surface area contributed by atoms with E-state index in [1.165, 1.54) is 42.5 Å². The van der Waals surface area contributed by atoms with Crippen LogP contribution < -0.4 is 10.6 Å². The van der Waals surface area contributed by atoms with E-state index < -0.39 is 38.2 Å². The van der Waals surface area contributed by atoms with Crippen molar-refractivity contribution in [2.45, 2.75) is 23.5 Å². The van der Waals surface area contributed by atoms with Gasteiger partial charge in [-0.15, -0.1) is 5.10 Å². The van der Waals surface area contributed by atoms with E-state index >= 15 is 0 Å². The van der Waals surface area contributed by atoms with Gasteiger partial charge in [0.15, 0.2) is 14.6 Å². The third-order valence-corrected chi connectivity index (χ3v) is 6.76. The molecule has 162 valence electrons. The zero-order chi connectivity index (χ0) is 22.8. The molecular formula is C19H17FN4O6S. The molecule has 0 fully saturated rings. The largest absolute Gasteiger partial charge is 0.480 e. The van der Waals surface area contributed by atoms with Crippen molar-refractivity contribution in [2.75, 3.05) is 10.6 Å². The lowest BCUT2D eigenvalue weighted by Crippen LogP contribution is -2.40. The SMILES string of the molecule is CC(C)(C(=O)O)S(=O)(=O)c1ccc(NC(=O)c2nnc(Nc3ccccc3F)o2)cc1. The number of aromatic nitrogens is 2. The predicted molar refractivity (Wildman–Crippen MR) is 107 cm³/mol. The van der Waals surface area contributed by atoms with Gasteiger partial charge in [0.1, 0.15) is 5.82 Å². The number of amides is 1. The molecule has 31 heavy (non-hydrogen) atoms. The van der Waals surface area contributed by atoms with Gasteiger partial charge in [-0.2, -0.15) is 0 Å². The number of rotatable bonds is 7. The molecule has 0 atom stereocenters. The number of carbonyl (C=O) groups excluding carboxylic acids is 1. The Kier molecular flexibility index (Phi) is 5.75. The Morgan fingerprint density at radius 3 is 2.32 bits per heavy atom. The number of halogens is 1. The van der Waals surface area contributed by atoms with Gasteiger partial charge in [0.05, 0.1) is 10.6 Å². The molecule has 3 N–H and O–H groups in total. The van der Waals surface area contributed by atoms with Crippen molar-refractivity contribution in [1.82, 2.24) is 10.2 Å². The molecule has 1 heterocycles. The van der Waals surface area contributed by atoms with Crippen LogP contribution in [0.2, 0.25) is 0 Å². The minimum Gasteiger partial charge on any atom is -0.480 e. The highest BCUT2D eigenvalue weighted by atomic mass is 32.2. The number of hydrogen-bond donors (Lipinski definition) is 3. The van der Waals surface area contributed by atoms with Crippen molar-refractivity contribution >= 4 is 39.1 Å². The summed E-state index contributed by atoms with van der Waals surface area (Å²) >= 11 is 0. The van der Waals surface area contributed by atoms with E-state index in [0.29, 0.717) is 0 Å². The molecule has 0 aliphatic heterocycles. The van der Waals surface area contributed by atoms with Crippen molar-refractivity contribution in [3.8, 4) is 0 Å². The van der Waals surface area contributed by atoms with Crippen molar-refractivity contribution < 1.29 is 31.9 Å². The van der Waals surface area contributed by atoms with Gasteiger partial charge in [-0.3, -0.25) is 9.59 Å². The molecule has 1 aromatic heterocycles. The van der Waals surface area contributed by atoms with E-state index in [1.807, 2.05) is 0 Å². The number of sulfone groups is 1. The Hall–Kier alpha value is -3.80. The molecular weight excluding hydrogens is 431 g/mol. The van der Waals surface area contributed by atoms with Gasteiger partial charge in [-0.1, -0.05) is 17.2 Å². The van der Waals surface area contributed by atoms with Gasteiger partial charge >= 0.3 is 23.8 Å². The maximum atomic E-state index is 13.7. The third kappa shape index (κ3) is 4.38. The van der Waals surface area contributed by atoms with Crippen LogP contribution in [0.5, 0.6) is 0 Å². The maximum Gasteiger partial charge on any atom is 0.324 e. The van der Waals surface area contributed by atoms with E-state index in [1.54, 1.807) is 6.07 Å². The number of nitrogens with one attached hydrogen (secondary N) is 2. The fraction of sp³-hybridized carbons (Fsp3) is 0.158. The van der Waals surface area contributed by atoms with Crippen LogP contribution in [0.3, 0.4) is 0 Å². The molecule has 0 radical (unpaired) electrons. The summed E-state index contributed by atoms with van der Waals surface area (Å²) in [4.78, 5) is 23.3. The molecule has 0 spiro atoms. The molecule has 10 nitrogen and oxygen atoms in total. The van der Waals surface area contributed by atoms with E-state index in [-0.39, 0.29) is 22.3 Å². The molecule has 2 aromatic carbocycles. The van der Waals surface area contributed by atoms with E-state index in [2.05, 4.69) is 20.8 Å². The first-order valence-corrected chi connectivity index (χ1v) is 10.2. The number of aliphatic carboxylic acids is 1. The third-order valence-electron chi connectivity index (χ3n) is 4.34. The zero-order valence-corrected chi connectivity index (χ0v) is 17.1. The first kappa shape index (κ1) is 21.9. The molecule has 0 aliphatic rings.